The SMILES string of the molecule is CC[Si](CC)(CC)/C(=C/O[C@@H]1O[C@H](CO[Si](c2ccccc2)(c2ccccc2)C(C)(C)C)C=C[C@H]1O)S(=O)(=O)c1ccccc1. The third-order valence-corrected chi connectivity index (χ3v) is 23.1. The maximum absolute atomic E-state index is 14.0. The van der Waals surface area contributed by atoms with Gasteiger partial charge in [-0.1, -0.05) is 151 Å². The smallest absolute Gasteiger partial charge is 0.261 e. The lowest BCUT2D eigenvalue weighted by molar-refractivity contribution is -0.182. The minimum atomic E-state index is -3.81. The third-order valence-electron chi connectivity index (χ3n) is 9.20. The largest absolute Gasteiger partial charge is 0.469 e. The number of ether oxygens (including phenoxy) is 2. The van der Waals surface area contributed by atoms with Gasteiger partial charge in [-0.3, -0.25) is 0 Å². The number of aliphatic hydroxyl groups excluding tert-OH is 1. The highest BCUT2D eigenvalue weighted by atomic mass is 32.2. The van der Waals surface area contributed by atoms with Gasteiger partial charge in [-0.05, 0) is 27.5 Å². The molecule has 4 rings (SSSR count). The van der Waals surface area contributed by atoms with Gasteiger partial charge >= 0.3 is 0 Å². The summed E-state index contributed by atoms with van der Waals surface area (Å²) in [6, 6.07) is 31.5. The molecule has 6 nitrogen and oxygen atoms in total. The van der Waals surface area contributed by atoms with Gasteiger partial charge < -0.3 is 19.0 Å². The number of sulfone groups is 1. The first-order valence-electron chi connectivity index (χ1n) is 15.9. The topological polar surface area (TPSA) is 82.1 Å². The van der Waals surface area contributed by atoms with Crippen molar-refractivity contribution in [1.82, 2.24) is 0 Å². The molecule has 3 atom stereocenters. The molecule has 242 valence electrons. The first kappa shape index (κ1) is 35.1. The van der Waals surface area contributed by atoms with Crippen LogP contribution < -0.4 is 10.4 Å². The van der Waals surface area contributed by atoms with E-state index in [9.17, 15) is 13.5 Å². The Balaban J connectivity index is 1.65. The second-order valence-corrected chi connectivity index (χ2v) is 24.5. The fourth-order valence-electron chi connectivity index (χ4n) is 6.40. The highest BCUT2D eigenvalue weighted by molar-refractivity contribution is 7.97. The predicted molar refractivity (Wildman–Crippen MR) is 187 cm³/mol. The molecule has 0 radical (unpaired) electrons. The van der Waals surface area contributed by atoms with Crippen molar-refractivity contribution in [3.8, 4) is 0 Å². The number of aliphatic hydroxyl groups is 1. The Morgan fingerprint density at radius 3 is 1.78 bits per heavy atom. The van der Waals surface area contributed by atoms with Crippen LogP contribution in [0.5, 0.6) is 0 Å². The lowest BCUT2D eigenvalue weighted by Crippen LogP contribution is -2.67. The first-order valence-corrected chi connectivity index (χ1v) is 21.9. The van der Waals surface area contributed by atoms with Crippen LogP contribution >= 0.6 is 0 Å². The van der Waals surface area contributed by atoms with Gasteiger partial charge in [0.25, 0.3) is 8.32 Å². The summed E-state index contributed by atoms with van der Waals surface area (Å²) in [5.41, 5.74) is 0. The zero-order valence-corrected chi connectivity index (χ0v) is 30.2. The quantitative estimate of drug-likeness (QED) is 0.126. The molecule has 9 heteroatoms. The fourth-order valence-corrected chi connectivity index (χ4v) is 18.7. The Kier molecular flexibility index (Phi) is 11.5. The molecular weight excluding hydrogens is 617 g/mol. The van der Waals surface area contributed by atoms with Gasteiger partial charge in [0.2, 0.25) is 16.1 Å². The van der Waals surface area contributed by atoms with Crippen LogP contribution in [-0.2, 0) is 23.7 Å². The second-order valence-electron chi connectivity index (χ2n) is 12.7. The summed E-state index contributed by atoms with van der Waals surface area (Å²) in [6.07, 6.45) is 2.17. The van der Waals surface area contributed by atoms with E-state index in [0.29, 0.717) is 4.53 Å². The van der Waals surface area contributed by atoms with E-state index >= 15 is 0 Å². The molecule has 1 heterocycles. The van der Waals surface area contributed by atoms with E-state index in [1.54, 1.807) is 42.5 Å². The Labute approximate surface area is 271 Å². The summed E-state index contributed by atoms with van der Waals surface area (Å²) in [6.45, 7) is 13.1. The molecule has 45 heavy (non-hydrogen) atoms. The molecule has 1 aliphatic heterocycles. The zero-order chi connectivity index (χ0) is 32.7. The average molecular weight is 665 g/mol. The molecule has 0 fully saturated rings. The van der Waals surface area contributed by atoms with Crippen LogP contribution in [0, 0.1) is 0 Å². The van der Waals surface area contributed by atoms with Gasteiger partial charge in [-0.15, -0.1) is 0 Å². The number of hydrogen-bond donors (Lipinski definition) is 1. The molecule has 3 aromatic carbocycles. The van der Waals surface area contributed by atoms with Crippen LogP contribution in [0.4, 0.5) is 0 Å². The Morgan fingerprint density at radius 2 is 1.31 bits per heavy atom. The maximum Gasteiger partial charge on any atom is 0.261 e. The first-order chi connectivity index (χ1) is 21.4. The van der Waals surface area contributed by atoms with Gasteiger partial charge in [0.05, 0.1) is 22.3 Å². The van der Waals surface area contributed by atoms with E-state index in [-0.39, 0.29) is 16.5 Å². The van der Waals surface area contributed by atoms with Crippen LogP contribution in [-0.4, -0.2) is 55.0 Å². The van der Waals surface area contributed by atoms with Gasteiger partial charge in [0.1, 0.15) is 20.3 Å². The highest BCUT2D eigenvalue weighted by Crippen LogP contribution is 2.38. The molecule has 1 aliphatic rings. The molecule has 0 aromatic heterocycles. The van der Waals surface area contributed by atoms with Crippen LogP contribution in [0.2, 0.25) is 23.2 Å². The molecular formula is C36H48O6SSi2. The van der Waals surface area contributed by atoms with Crippen molar-refractivity contribution >= 4 is 36.6 Å². The summed E-state index contributed by atoms with van der Waals surface area (Å²) in [5.74, 6) is 0. The molecule has 3 aromatic rings. The van der Waals surface area contributed by atoms with Crippen molar-refractivity contribution in [3.63, 3.8) is 0 Å². The number of hydrogen-bond acceptors (Lipinski definition) is 6. The molecule has 0 spiro atoms. The van der Waals surface area contributed by atoms with Crippen LogP contribution in [0.15, 0.2) is 119 Å². The normalized spacial score (nSPS) is 19.8. The minimum absolute atomic E-state index is 0.207. The van der Waals surface area contributed by atoms with E-state index in [0.717, 1.165) is 28.5 Å². The Hall–Kier alpha value is -2.80. The average Bonchev–Trinajstić information content (AvgIpc) is 3.05. The van der Waals surface area contributed by atoms with Crippen molar-refractivity contribution in [1.29, 1.82) is 0 Å². The number of rotatable bonds is 13. The van der Waals surface area contributed by atoms with Crippen molar-refractivity contribution < 1.29 is 27.4 Å². The molecule has 1 N–H and O–H groups in total. The Morgan fingerprint density at radius 1 is 0.822 bits per heavy atom. The maximum atomic E-state index is 14.0. The van der Waals surface area contributed by atoms with Gasteiger partial charge in [-0.25, -0.2) is 8.42 Å². The summed E-state index contributed by atoms with van der Waals surface area (Å²) in [4.78, 5) is 0.244. The Bertz CT molecular complexity index is 1480. The zero-order valence-electron chi connectivity index (χ0n) is 27.3. The molecule has 0 bridgehead atoms. The van der Waals surface area contributed by atoms with Gasteiger partial charge in [0, 0.05) is 0 Å². The van der Waals surface area contributed by atoms with Crippen molar-refractivity contribution in [2.45, 2.75) is 88.1 Å². The lowest BCUT2D eigenvalue weighted by Gasteiger charge is -2.44. The highest BCUT2D eigenvalue weighted by Gasteiger charge is 2.50. The predicted octanol–water partition coefficient (Wildman–Crippen LogP) is 6.58. The van der Waals surface area contributed by atoms with E-state index < -0.39 is 44.7 Å². The summed E-state index contributed by atoms with van der Waals surface area (Å²) in [7, 11) is -9.07. The summed E-state index contributed by atoms with van der Waals surface area (Å²) >= 11 is 0. The van der Waals surface area contributed by atoms with Crippen molar-refractivity contribution in [2.75, 3.05) is 6.61 Å². The van der Waals surface area contributed by atoms with Crippen LogP contribution in [0.25, 0.3) is 0 Å². The molecule has 0 saturated heterocycles. The monoisotopic (exact) mass is 664 g/mol. The number of benzene rings is 3. The van der Waals surface area contributed by atoms with E-state index in [1.165, 1.54) is 6.26 Å². The van der Waals surface area contributed by atoms with E-state index in [1.807, 2.05) is 36.4 Å². The van der Waals surface area contributed by atoms with Gasteiger partial charge in [-0.2, -0.15) is 0 Å². The van der Waals surface area contributed by atoms with Crippen molar-refractivity contribution in [3.05, 3.63) is 114 Å². The second kappa shape index (κ2) is 14.7. The standard InChI is InChI=1S/C36H48O6SSi2/c1-7-44(8-2,9-3)34(43(38,39)30-19-13-10-14-20-30)28-40-35-33(37)26-25-29(42-35)27-41-45(36(4,5)6,31-21-15-11-16-22-31)32-23-17-12-18-24-32/h10-26,28-29,33,35,37H,7-9,27H2,1-6H3/b34-28+/t29-,33+,35+/m0/s1. The molecule has 0 aliphatic carbocycles. The summed E-state index contributed by atoms with van der Waals surface area (Å²) in [5, 5.41) is 13.0. The van der Waals surface area contributed by atoms with Crippen molar-refractivity contribution in [2.24, 2.45) is 0 Å². The van der Waals surface area contributed by atoms with Crippen LogP contribution in [0.1, 0.15) is 41.5 Å². The van der Waals surface area contributed by atoms with E-state index in [4.69, 9.17) is 13.9 Å². The summed E-state index contributed by atoms with van der Waals surface area (Å²) < 4.78 is 47.8. The van der Waals surface area contributed by atoms with Crippen LogP contribution in [0.3, 0.4) is 0 Å². The molecule has 0 amide bonds. The lowest BCUT2D eigenvalue weighted by atomic mass is 10.2. The molecule has 0 unspecified atom stereocenters. The fraction of sp³-hybridized carbons (Fsp3) is 0.389. The third kappa shape index (κ3) is 7.29. The van der Waals surface area contributed by atoms with E-state index in [2.05, 4.69) is 65.8 Å². The molecule has 0 saturated carbocycles. The minimum Gasteiger partial charge on any atom is -0.469 e. The van der Waals surface area contributed by atoms with Gasteiger partial charge in [0.15, 0.2) is 0 Å².